The second-order valence-electron chi connectivity index (χ2n) is 9.28. The normalized spacial score (nSPS) is 19.4. The van der Waals surface area contributed by atoms with Crippen molar-refractivity contribution in [1.29, 1.82) is 0 Å². The van der Waals surface area contributed by atoms with Crippen LogP contribution in [0.25, 0.3) is 0 Å². The van der Waals surface area contributed by atoms with Crippen LogP contribution in [0.15, 0.2) is 91.5 Å². The number of hydrogen-bond acceptors (Lipinski definition) is 5. The molecule has 0 unspecified atom stereocenters. The third-order valence-corrected chi connectivity index (χ3v) is 6.31. The summed E-state index contributed by atoms with van der Waals surface area (Å²) in [6, 6.07) is 24.9. The molecule has 4 rings (SSSR count). The zero-order valence-corrected chi connectivity index (χ0v) is 21.2. The molecule has 0 saturated carbocycles. The Kier molecular flexibility index (Phi) is 9.46. The summed E-state index contributed by atoms with van der Waals surface area (Å²) in [4.78, 5) is 14.5. The van der Waals surface area contributed by atoms with Crippen LogP contribution in [0.2, 0.25) is 0 Å². The number of carbonyl (C=O) groups is 1. The van der Waals surface area contributed by atoms with E-state index < -0.39 is 6.29 Å². The first-order chi connectivity index (χ1) is 18.0. The highest BCUT2D eigenvalue weighted by molar-refractivity contribution is 5.89. The fourth-order valence-corrected chi connectivity index (χ4v) is 4.35. The van der Waals surface area contributed by atoms with Crippen molar-refractivity contribution in [1.82, 2.24) is 10.2 Å². The maximum atomic E-state index is 12.3. The molecule has 7 nitrogen and oxygen atoms in total. The minimum Gasteiger partial charge on any atom is -0.392 e. The van der Waals surface area contributed by atoms with E-state index in [4.69, 9.17) is 9.47 Å². The molecule has 0 spiro atoms. The molecule has 194 valence electrons. The van der Waals surface area contributed by atoms with Gasteiger partial charge in [0.15, 0.2) is 6.29 Å². The number of urea groups is 1. The number of ether oxygens (including phenoxy) is 2. The highest BCUT2D eigenvalue weighted by Gasteiger charge is 2.32. The van der Waals surface area contributed by atoms with Gasteiger partial charge in [0, 0.05) is 37.3 Å². The van der Waals surface area contributed by atoms with E-state index in [1.165, 1.54) is 0 Å². The number of nitrogens with zero attached hydrogens (tertiary/aromatic N) is 1. The number of aliphatic hydroxyl groups is 1. The molecular formula is C30H35N3O4. The monoisotopic (exact) mass is 501 g/mol. The molecule has 37 heavy (non-hydrogen) atoms. The molecule has 1 heterocycles. The number of amides is 2. The molecule has 1 aliphatic heterocycles. The van der Waals surface area contributed by atoms with Crippen molar-refractivity contribution in [2.24, 2.45) is 0 Å². The summed E-state index contributed by atoms with van der Waals surface area (Å²) in [6.45, 7) is 5.82. The molecule has 7 heteroatoms. The van der Waals surface area contributed by atoms with Gasteiger partial charge in [0.2, 0.25) is 0 Å². The summed E-state index contributed by atoms with van der Waals surface area (Å²) in [5.41, 5.74) is 4.51. The zero-order valence-electron chi connectivity index (χ0n) is 21.2. The average molecular weight is 502 g/mol. The molecule has 0 bridgehead atoms. The molecule has 0 radical (unpaired) electrons. The Balaban J connectivity index is 1.42. The van der Waals surface area contributed by atoms with Crippen molar-refractivity contribution < 1.29 is 19.4 Å². The summed E-state index contributed by atoms with van der Waals surface area (Å²) in [7, 11) is 2.05. The van der Waals surface area contributed by atoms with Crippen LogP contribution in [-0.4, -0.2) is 42.3 Å². The Hall–Kier alpha value is -3.49. The Bertz CT molecular complexity index is 1140. The first-order valence-electron chi connectivity index (χ1n) is 12.5. The number of carbonyl (C=O) groups excluding carboxylic acids is 1. The number of nitrogens with one attached hydrogen (secondary N) is 2. The summed E-state index contributed by atoms with van der Waals surface area (Å²) in [6.07, 6.45) is 1.88. The lowest BCUT2D eigenvalue weighted by Gasteiger charge is -2.37. The van der Waals surface area contributed by atoms with E-state index >= 15 is 0 Å². The van der Waals surface area contributed by atoms with Gasteiger partial charge in [-0.2, -0.15) is 0 Å². The lowest BCUT2D eigenvalue weighted by atomic mass is 9.99. The molecule has 1 saturated heterocycles. The lowest BCUT2D eigenvalue weighted by molar-refractivity contribution is -0.252. The third kappa shape index (κ3) is 7.74. The van der Waals surface area contributed by atoms with Crippen molar-refractivity contribution in [3.63, 3.8) is 0 Å². The van der Waals surface area contributed by atoms with Gasteiger partial charge in [-0.25, -0.2) is 4.79 Å². The number of likely N-dealkylation sites (N-methyl/N-ethyl adjacent to an activating group) is 1. The second-order valence-corrected chi connectivity index (χ2v) is 9.28. The fourth-order valence-electron chi connectivity index (χ4n) is 4.35. The Morgan fingerprint density at radius 2 is 1.70 bits per heavy atom. The Morgan fingerprint density at radius 3 is 2.38 bits per heavy atom. The van der Waals surface area contributed by atoms with Gasteiger partial charge in [-0.3, -0.25) is 0 Å². The van der Waals surface area contributed by atoms with Crippen LogP contribution in [0.5, 0.6) is 0 Å². The lowest BCUT2D eigenvalue weighted by Crippen LogP contribution is -2.37. The van der Waals surface area contributed by atoms with Crippen LogP contribution in [-0.2, 0) is 22.6 Å². The topological polar surface area (TPSA) is 83.1 Å². The number of anilines is 1. The summed E-state index contributed by atoms with van der Waals surface area (Å²) < 4.78 is 12.7. The molecule has 2 amide bonds. The number of rotatable bonds is 10. The first-order valence-corrected chi connectivity index (χ1v) is 12.5. The molecule has 0 aliphatic carbocycles. The largest absolute Gasteiger partial charge is 0.392 e. The molecule has 3 aromatic rings. The molecule has 3 N–H and O–H groups in total. The predicted octanol–water partition coefficient (Wildman–Crippen LogP) is 5.16. The molecule has 1 aliphatic rings. The van der Waals surface area contributed by atoms with Crippen LogP contribution in [0.3, 0.4) is 0 Å². The summed E-state index contributed by atoms with van der Waals surface area (Å²) in [5.74, 6) is 0. The van der Waals surface area contributed by atoms with Crippen molar-refractivity contribution in [3.8, 4) is 0 Å². The van der Waals surface area contributed by atoms with Gasteiger partial charge in [0.05, 0.1) is 18.8 Å². The first kappa shape index (κ1) is 26.6. The van der Waals surface area contributed by atoms with E-state index in [0.29, 0.717) is 12.2 Å². The van der Waals surface area contributed by atoms with E-state index in [-0.39, 0.29) is 24.8 Å². The van der Waals surface area contributed by atoms with E-state index in [1.807, 2.05) is 92.0 Å². The van der Waals surface area contributed by atoms with Crippen LogP contribution in [0.1, 0.15) is 41.1 Å². The molecule has 3 aromatic carbocycles. The standard InChI is InChI=1S/C30H35N3O4/c1-3-17-33(2)20-27-18-28(24-11-9-23(21-34)10-12-24)37-29(36-27)25-13-15-26(16-14-25)32-30(35)31-19-22-7-5-4-6-8-22/h3-16,27-29,34H,1,17-21H2,2H3,(H2,31,32,35)/t27-,28+,29+/m1/s1. The fraction of sp³-hybridized carbons (Fsp3) is 0.300. The minimum absolute atomic E-state index is 0.0111. The van der Waals surface area contributed by atoms with Crippen LogP contribution in [0.4, 0.5) is 10.5 Å². The van der Waals surface area contributed by atoms with Crippen LogP contribution in [0, 0.1) is 0 Å². The van der Waals surface area contributed by atoms with Gasteiger partial charge in [-0.1, -0.05) is 72.8 Å². The van der Waals surface area contributed by atoms with Gasteiger partial charge in [-0.05, 0) is 35.9 Å². The predicted molar refractivity (Wildman–Crippen MR) is 145 cm³/mol. The molecular weight excluding hydrogens is 466 g/mol. The van der Waals surface area contributed by atoms with E-state index in [2.05, 4.69) is 22.1 Å². The van der Waals surface area contributed by atoms with E-state index in [0.717, 1.165) is 41.8 Å². The highest BCUT2D eigenvalue weighted by atomic mass is 16.7. The smallest absolute Gasteiger partial charge is 0.319 e. The number of hydrogen-bond donors (Lipinski definition) is 3. The summed E-state index contributed by atoms with van der Waals surface area (Å²) in [5, 5.41) is 15.1. The average Bonchev–Trinajstić information content (AvgIpc) is 2.93. The maximum absolute atomic E-state index is 12.3. The zero-order chi connectivity index (χ0) is 26.0. The highest BCUT2D eigenvalue weighted by Crippen LogP contribution is 2.38. The Labute approximate surface area is 218 Å². The SMILES string of the molecule is C=CCN(C)C[C@H]1C[C@@H](c2ccc(CO)cc2)O[C@@H](c2ccc(NC(=O)NCc3ccccc3)cc2)O1. The summed E-state index contributed by atoms with van der Waals surface area (Å²) >= 11 is 0. The third-order valence-electron chi connectivity index (χ3n) is 6.31. The minimum atomic E-state index is -0.542. The van der Waals surface area contributed by atoms with E-state index in [1.54, 1.807) is 0 Å². The van der Waals surface area contributed by atoms with Crippen molar-refractivity contribution >= 4 is 11.7 Å². The molecule has 3 atom stereocenters. The van der Waals surface area contributed by atoms with Gasteiger partial charge >= 0.3 is 6.03 Å². The maximum Gasteiger partial charge on any atom is 0.319 e. The van der Waals surface area contributed by atoms with Crippen molar-refractivity contribution in [2.45, 2.75) is 38.1 Å². The Morgan fingerprint density at radius 1 is 1.00 bits per heavy atom. The quantitative estimate of drug-likeness (QED) is 0.334. The van der Waals surface area contributed by atoms with Gasteiger partial charge in [0.1, 0.15) is 0 Å². The van der Waals surface area contributed by atoms with Crippen LogP contribution >= 0.6 is 0 Å². The van der Waals surface area contributed by atoms with Gasteiger partial charge in [-0.15, -0.1) is 6.58 Å². The van der Waals surface area contributed by atoms with Gasteiger partial charge < -0.3 is 30.1 Å². The number of benzene rings is 3. The van der Waals surface area contributed by atoms with E-state index in [9.17, 15) is 9.90 Å². The molecule has 1 fully saturated rings. The van der Waals surface area contributed by atoms with Crippen molar-refractivity contribution in [3.05, 3.63) is 114 Å². The van der Waals surface area contributed by atoms with Crippen molar-refractivity contribution in [2.75, 3.05) is 25.5 Å². The molecule has 0 aromatic heterocycles. The van der Waals surface area contributed by atoms with Crippen LogP contribution < -0.4 is 10.6 Å². The number of aliphatic hydroxyl groups excluding tert-OH is 1. The van der Waals surface area contributed by atoms with Gasteiger partial charge in [0.25, 0.3) is 0 Å². The second kappa shape index (κ2) is 13.2.